The summed E-state index contributed by atoms with van der Waals surface area (Å²) in [7, 11) is 0. The van der Waals surface area contributed by atoms with E-state index in [2.05, 4.69) is 17.1 Å². The molecule has 3 aromatic rings. The van der Waals surface area contributed by atoms with Crippen LogP contribution in [0.25, 0.3) is 0 Å². The molecule has 0 radical (unpaired) electrons. The van der Waals surface area contributed by atoms with Gasteiger partial charge in [0.2, 0.25) is 5.91 Å². The number of piperidine rings is 1. The molecule has 3 heterocycles. The van der Waals surface area contributed by atoms with E-state index >= 15 is 0 Å². The molecule has 1 aromatic carbocycles. The van der Waals surface area contributed by atoms with Crippen LogP contribution in [0.3, 0.4) is 0 Å². The number of rotatable bonds is 5. The van der Waals surface area contributed by atoms with Gasteiger partial charge in [0.25, 0.3) is 0 Å². The van der Waals surface area contributed by atoms with Gasteiger partial charge < -0.3 is 4.90 Å². The van der Waals surface area contributed by atoms with Crippen LogP contribution in [0.2, 0.25) is 5.02 Å². The van der Waals surface area contributed by atoms with E-state index < -0.39 is 0 Å². The Morgan fingerprint density at radius 1 is 1.07 bits per heavy atom. The third kappa shape index (κ3) is 5.01. The lowest BCUT2D eigenvalue weighted by Gasteiger charge is -2.32. The van der Waals surface area contributed by atoms with Crippen molar-refractivity contribution in [3.63, 3.8) is 0 Å². The number of halogens is 1. The molecule has 4 nitrogen and oxygen atoms in total. The minimum absolute atomic E-state index is 0.174. The Balaban J connectivity index is 1.44. The van der Waals surface area contributed by atoms with E-state index in [1.807, 2.05) is 47.4 Å². The molecular formula is C24H24ClN3O. The highest BCUT2D eigenvalue weighted by Crippen LogP contribution is 2.27. The number of hydrogen-bond acceptors (Lipinski definition) is 3. The van der Waals surface area contributed by atoms with Crippen molar-refractivity contribution in [1.29, 1.82) is 0 Å². The van der Waals surface area contributed by atoms with E-state index in [4.69, 9.17) is 16.6 Å². The summed E-state index contributed by atoms with van der Waals surface area (Å²) >= 11 is 6.31. The van der Waals surface area contributed by atoms with Crippen molar-refractivity contribution in [2.24, 2.45) is 0 Å². The third-order valence-electron chi connectivity index (χ3n) is 5.45. The summed E-state index contributed by atoms with van der Waals surface area (Å²) < 4.78 is 0. The number of amides is 1. The van der Waals surface area contributed by atoms with Gasteiger partial charge in [-0.1, -0.05) is 35.9 Å². The Kier molecular flexibility index (Phi) is 6.20. The molecule has 1 aliphatic heterocycles. The second-order valence-electron chi connectivity index (χ2n) is 7.53. The summed E-state index contributed by atoms with van der Waals surface area (Å²) in [6, 6.07) is 17.9. The monoisotopic (exact) mass is 405 g/mol. The summed E-state index contributed by atoms with van der Waals surface area (Å²) in [5, 5.41) is 0.769. The second kappa shape index (κ2) is 9.19. The lowest BCUT2D eigenvalue weighted by atomic mass is 9.93. The smallest absolute Gasteiger partial charge is 0.227 e. The Bertz CT molecular complexity index is 977. The first kappa shape index (κ1) is 19.6. The van der Waals surface area contributed by atoms with Crippen LogP contribution in [-0.4, -0.2) is 33.9 Å². The molecule has 5 heteroatoms. The maximum absolute atomic E-state index is 12.8. The molecule has 1 atom stereocenters. The van der Waals surface area contributed by atoms with Crippen molar-refractivity contribution >= 4 is 17.5 Å². The Labute approximate surface area is 176 Å². The normalized spacial score (nSPS) is 16.6. The summed E-state index contributed by atoms with van der Waals surface area (Å²) in [4.78, 5) is 23.7. The van der Waals surface area contributed by atoms with E-state index in [-0.39, 0.29) is 11.8 Å². The van der Waals surface area contributed by atoms with Crippen LogP contribution in [0.5, 0.6) is 0 Å². The van der Waals surface area contributed by atoms with E-state index in [0.29, 0.717) is 12.8 Å². The zero-order chi connectivity index (χ0) is 20.1. The Hall–Kier alpha value is -2.72. The van der Waals surface area contributed by atoms with Gasteiger partial charge in [0, 0.05) is 54.2 Å². The molecule has 0 unspecified atom stereocenters. The van der Waals surface area contributed by atoms with Crippen LogP contribution in [0.1, 0.15) is 41.3 Å². The molecule has 148 valence electrons. The average molecular weight is 406 g/mol. The molecule has 0 spiro atoms. The van der Waals surface area contributed by atoms with Crippen LogP contribution >= 0.6 is 11.6 Å². The standard InChI is InChI=1S/C24H24ClN3O/c25-22-8-2-1-5-19(22)16-21-7-3-9-23(27-21)20-6-4-14-28(17-20)24(29)15-18-10-12-26-13-11-18/h1-3,5,7-13,20H,4,6,14-17H2/t20-/m0/s1. The molecule has 1 amide bonds. The van der Waals surface area contributed by atoms with Crippen molar-refractivity contribution in [2.45, 2.75) is 31.6 Å². The molecule has 4 rings (SSSR count). The van der Waals surface area contributed by atoms with Gasteiger partial charge in [-0.15, -0.1) is 0 Å². The van der Waals surface area contributed by atoms with Crippen LogP contribution < -0.4 is 0 Å². The van der Waals surface area contributed by atoms with Gasteiger partial charge in [0.05, 0.1) is 6.42 Å². The minimum Gasteiger partial charge on any atom is -0.342 e. The highest BCUT2D eigenvalue weighted by molar-refractivity contribution is 6.31. The first-order valence-corrected chi connectivity index (χ1v) is 10.4. The van der Waals surface area contributed by atoms with Gasteiger partial charge in [0.1, 0.15) is 0 Å². The number of nitrogens with zero attached hydrogens (tertiary/aromatic N) is 3. The molecule has 1 saturated heterocycles. The molecule has 0 bridgehead atoms. The average Bonchev–Trinajstić information content (AvgIpc) is 2.76. The number of benzene rings is 1. The number of pyridine rings is 2. The van der Waals surface area contributed by atoms with E-state index in [1.165, 1.54) is 0 Å². The quantitative estimate of drug-likeness (QED) is 0.619. The van der Waals surface area contributed by atoms with Gasteiger partial charge in [-0.3, -0.25) is 14.8 Å². The zero-order valence-corrected chi connectivity index (χ0v) is 17.1. The van der Waals surface area contributed by atoms with Gasteiger partial charge in [-0.05, 0) is 54.3 Å². The number of likely N-dealkylation sites (tertiary alicyclic amines) is 1. The maximum atomic E-state index is 12.8. The fraction of sp³-hybridized carbons (Fsp3) is 0.292. The van der Waals surface area contributed by atoms with Crippen molar-refractivity contribution in [2.75, 3.05) is 13.1 Å². The lowest BCUT2D eigenvalue weighted by molar-refractivity contribution is -0.131. The molecule has 29 heavy (non-hydrogen) atoms. The zero-order valence-electron chi connectivity index (χ0n) is 16.3. The van der Waals surface area contributed by atoms with Crippen LogP contribution in [0.15, 0.2) is 67.0 Å². The van der Waals surface area contributed by atoms with Crippen molar-refractivity contribution in [3.8, 4) is 0 Å². The summed E-state index contributed by atoms with van der Waals surface area (Å²) in [5.74, 6) is 0.449. The van der Waals surface area contributed by atoms with Gasteiger partial charge >= 0.3 is 0 Å². The Morgan fingerprint density at radius 3 is 2.72 bits per heavy atom. The number of hydrogen-bond donors (Lipinski definition) is 0. The first-order valence-electron chi connectivity index (χ1n) is 10.0. The fourth-order valence-corrected chi connectivity index (χ4v) is 4.10. The molecule has 2 aromatic heterocycles. The molecular weight excluding hydrogens is 382 g/mol. The molecule has 0 N–H and O–H groups in total. The van der Waals surface area contributed by atoms with E-state index in [1.54, 1.807) is 12.4 Å². The van der Waals surface area contributed by atoms with Crippen LogP contribution in [0.4, 0.5) is 0 Å². The number of carbonyl (C=O) groups excluding carboxylic acids is 1. The third-order valence-corrected chi connectivity index (χ3v) is 5.82. The molecule has 1 fully saturated rings. The minimum atomic E-state index is 0.174. The van der Waals surface area contributed by atoms with Crippen molar-refractivity contribution in [1.82, 2.24) is 14.9 Å². The van der Waals surface area contributed by atoms with Crippen molar-refractivity contribution in [3.05, 3.63) is 94.5 Å². The largest absolute Gasteiger partial charge is 0.342 e. The summed E-state index contributed by atoms with van der Waals surface area (Å²) in [6.45, 7) is 1.55. The van der Waals surface area contributed by atoms with E-state index in [0.717, 1.165) is 53.5 Å². The summed E-state index contributed by atoms with van der Waals surface area (Å²) in [5.41, 5.74) is 4.16. The fourth-order valence-electron chi connectivity index (χ4n) is 3.89. The van der Waals surface area contributed by atoms with Gasteiger partial charge in [-0.2, -0.15) is 0 Å². The lowest BCUT2D eigenvalue weighted by Crippen LogP contribution is -2.40. The second-order valence-corrected chi connectivity index (χ2v) is 7.94. The number of aromatic nitrogens is 2. The van der Waals surface area contributed by atoms with Crippen LogP contribution in [-0.2, 0) is 17.6 Å². The summed E-state index contributed by atoms with van der Waals surface area (Å²) in [6.07, 6.45) is 6.66. The molecule has 0 aliphatic carbocycles. The predicted molar refractivity (Wildman–Crippen MR) is 115 cm³/mol. The maximum Gasteiger partial charge on any atom is 0.227 e. The predicted octanol–water partition coefficient (Wildman–Crippen LogP) is 4.67. The molecule has 0 saturated carbocycles. The van der Waals surface area contributed by atoms with Crippen LogP contribution in [0, 0.1) is 0 Å². The van der Waals surface area contributed by atoms with Gasteiger partial charge in [0.15, 0.2) is 0 Å². The highest BCUT2D eigenvalue weighted by Gasteiger charge is 2.25. The number of carbonyl (C=O) groups is 1. The Morgan fingerprint density at radius 2 is 1.90 bits per heavy atom. The van der Waals surface area contributed by atoms with E-state index in [9.17, 15) is 4.79 Å². The topological polar surface area (TPSA) is 46.1 Å². The SMILES string of the molecule is O=C(Cc1ccncc1)N1CCC[C@H](c2cccc(Cc3ccccc3Cl)n2)C1. The first-order chi connectivity index (χ1) is 14.2. The van der Waals surface area contributed by atoms with Gasteiger partial charge in [-0.25, -0.2) is 0 Å². The van der Waals surface area contributed by atoms with Crippen molar-refractivity contribution < 1.29 is 4.79 Å². The molecule has 1 aliphatic rings. The highest BCUT2D eigenvalue weighted by atomic mass is 35.5.